The van der Waals surface area contributed by atoms with Crippen molar-refractivity contribution in [2.75, 3.05) is 32.1 Å². The normalized spacial score (nSPS) is 24.9. The average molecular weight is 256 g/mol. The fraction of sp³-hybridized carbons (Fsp3) is 0.818. The Morgan fingerprint density at radius 1 is 1.53 bits per heavy atom. The molecule has 0 aliphatic carbocycles. The molecule has 0 spiro atoms. The lowest BCUT2D eigenvalue weighted by Gasteiger charge is -2.25. The molecule has 1 fully saturated rings. The summed E-state index contributed by atoms with van der Waals surface area (Å²) in [5.74, 6) is 0.898. The van der Waals surface area contributed by atoms with Crippen LogP contribution in [0.2, 0.25) is 0 Å². The van der Waals surface area contributed by atoms with E-state index < -0.39 is 0 Å². The van der Waals surface area contributed by atoms with Crippen LogP contribution >= 0.6 is 11.5 Å². The van der Waals surface area contributed by atoms with E-state index in [2.05, 4.69) is 40.2 Å². The number of aryl methyl sites for hydroxylation is 1. The quantitative estimate of drug-likeness (QED) is 0.855. The number of hydrogen-bond acceptors (Lipinski definition) is 6. The third-order valence-electron chi connectivity index (χ3n) is 2.99. The smallest absolute Gasteiger partial charge is 0.205 e. The Morgan fingerprint density at radius 3 is 2.88 bits per heavy atom. The first-order chi connectivity index (χ1) is 8.10. The van der Waals surface area contributed by atoms with Crippen LogP contribution in [-0.2, 0) is 6.42 Å². The van der Waals surface area contributed by atoms with Crippen LogP contribution in [0, 0.1) is 0 Å². The third-order valence-corrected chi connectivity index (χ3v) is 3.78. The molecule has 1 N–H and O–H groups in total. The molecule has 1 saturated heterocycles. The maximum atomic E-state index is 9.80. The molecule has 1 aliphatic rings. The molecule has 1 aliphatic heterocycles. The number of hydrogen-bond donors (Lipinski definition) is 1. The van der Waals surface area contributed by atoms with E-state index >= 15 is 0 Å². The second-order valence-electron chi connectivity index (χ2n) is 4.80. The first kappa shape index (κ1) is 12.7. The van der Waals surface area contributed by atoms with E-state index in [0.29, 0.717) is 12.6 Å². The Bertz CT molecular complexity index is 368. The predicted molar refractivity (Wildman–Crippen MR) is 69.6 cm³/mol. The second-order valence-corrected chi connectivity index (χ2v) is 5.53. The van der Waals surface area contributed by atoms with Crippen molar-refractivity contribution >= 4 is 16.7 Å². The zero-order valence-corrected chi connectivity index (χ0v) is 11.4. The van der Waals surface area contributed by atoms with E-state index in [0.717, 1.165) is 30.3 Å². The zero-order chi connectivity index (χ0) is 12.4. The summed E-state index contributed by atoms with van der Waals surface area (Å²) in [6, 6.07) is 0.345. The number of β-amino-alcohol motifs (C(OH)–C–C–N with tert-alkyl or cyclic N) is 1. The Hall–Kier alpha value is -0.720. The lowest BCUT2D eigenvalue weighted by molar-refractivity contribution is 0.191. The molecule has 0 radical (unpaired) electrons. The maximum absolute atomic E-state index is 9.80. The lowest BCUT2D eigenvalue weighted by Crippen LogP contribution is -2.37. The molecule has 5 nitrogen and oxygen atoms in total. The SMILES string of the molecule is CCc1nsc(N2CC(O)CC2CN(C)C)n1. The highest BCUT2D eigenvalue weighted by molar-refractivity contribution is 7.09. The van der Waals surface area contributed by atoms with Gasteiger partial charge in [0.05, 0.1) is 6.10 Å². The summed E-state index contributed by atoms with van der Waals surface area (Å²) >= 11 is 1.44. The molecule has 0 saturated carbocycles. The Kier molecular flexibility index (Phi) is 3.96. The van der Waals surface area contributed by atoms with Gasteiger partial charge in [-0.3, -0.25) is 0 Å². The van der Waals surface area contributed by atoms with Crippen molar-refractivity contribution in [1.82, 2.24) is 14.3 Å². The summed E-state index contributed by atoms with van der Waals surface area (Å²) in [5.41, 5.74) is 0. The Labute approximate surface area is 106 Å². The fourth-order valence-electron chi connectivity index (χ4n) is 2.23. The molecular formula is C11H20N4OS. The van der Waals surface area contributed by atoms with Crippen LogP contribution in [0.1, 0.15) is 19.2 Å². The summed E-state index contributed by atoms with van der Waals surface area (Å²) in [7, 11) is 4.11. The molecule has 17 heavy (non-hydrogen) atoms. The highest BCUT2D eigenvalue weighted by Gasteiger charge is 2.33. The molecule has 0 bridgehead atoms. The standard InChI is InChI=1S/C11H20N4OS/c1-4-10-12-11(17-13-10)15-7-9(16)5-8(15)6-14(2)3/h8-9,16H,4-7H2,1-3H3. The van der Waals surface area contributed by atoms with Crippen LogP contribution in [0.4, 0.5) is 5.13 Å². The first-order valence-electron chi connectivity index (χ1n) is 6.02. The van der Waals surface area contributed by atoms with Crippen molar-refractivity contribution in [3.8, 4) is 0 Å². The van der Waals surface area contributed by atoms with Crippen LogP contribution in [0.15, 0.2) is 0 Å². The van der Waals surface area contributed by atoms with E-state index in [4.69, 9.17) is 0 Å². The number of rotatable bonds is 4. The minimum absolute atomic E-state index is 0.242. The average Bonchev–Trinajstić information content (AvgIpc) is 2.83. The molecule has 0 aromatic carbocycles. The number of likely N-dealkylation sites (N-methyl/N-ethyl adjacent to an activating group) is 1. The number of aliphatic hydroxyl groups is 1. The van der Waals surface area contributed by atoms with Crippen LogP contribution < -0.4 is 4.90 Å². The molecule has 2 heterocycles. The minimum Gasteiger partial charge on any atom is -0.391 e. The van der Waals surface area contributed by atoms with Crippen LogP contribution in [0.25, 0.3) is 0 Å². The van der Waals surface area contributed by atoms with Gasteiger partial charge in [-0.2, -0.15) is 4.37 Å². The first-order valence-corrected chi connectivity index (χ1v) is 6.79. The number of aliphatic hydroxyl groups excluding tert-OH is 1. The Balaban J connectivity index is 2.11. The number of aromatic nitrogens is 2. The van der Waals surface area contributed by atoms with Gasteiger partial charge in [0.2, 0.25) is 5.13 Å². The summed E-state index contributed by atoms with van der Waals surface area (Å²) in [6.07, 6.45) is 1.44. The summed E-state index contributed by atoms with van der Waals surface area (Å²) in [4.78, 5) is 8.85. The highest BCUT2D eigenvalue weighted by Crippen LogP contribution is 2.27. The van der Waals surface area contributed by atoms with Crippen LogP contribution in [0.3, 0.4) is 0 Å². The zero-order valence-electron chi connectivity index (χ0n) is 10.6. The topological polar surface area (TPSA) is 52.5 Å². The monoisotopic (exact) mass is 256 g/mol. The summed E-state index contributed by atoms with van der Waals surface area (Å²) in [6.45, 7) is 3.68. The van der Waals surface area contributed by atoms with Crippen molar-refractivity contribution in [2.24, 2.45) is 0 Å². The van der Waals surface area contributed by atoms with E-state index in [1.54, 1.807) is 0 Å². The molecule has 2 unspecified atom stereocenters. The third kappa shape index (κ3) is 2.94. The van der Waals surface area contributed by atoms with Crippen LogP contribution in [0.5, 0.6) is 0 Å². The largest absolute Gasteiger partial charge is 0.391 e. The molecular weight excluding hydrogens is 236 g/mol. The van der Waals surface area contributed by atoms with Gasteiger partial charge in [-0.05, 0) is 20.5 Å². The highest BCUT2D eigenvalue weighted by atomic mass is 32.1. The summed E-state index contributed by atoms with van der Waals surface area (Å²) < 4.78 is 4.31. The number of nitrogens with zero attached hydrogens (tertiary/aromatic N) is 4. The number of anilines is 1. The van der Waals surface area contributed by atoms with Gasteiger partial charge in [0.15, 0.2) is 0 Å². The van der Waals surface area contributed by atoms with Crippen molar-refractivity contribution in [2.45, 2.75) is 31.9 Å². The van der Waals surface area contributed by atoms with Gasteiger partial charge < -0.3 is 14.9 Å². The van der Waals surface area contributed by atoms with Crippen molar-refractivity contribution in [3.05, 3.63) is 5.82 Å². The van der Waals surface area contributed by atoms with E-state index in [9.17, 15) is 5.11 Å². The molecule has 6 heteroatoms. The van der Waals surface area contributed by atoms with Crippen molar-refractivity contribution in [1.29, 1.82) is 0 Å². The second kappa shape index (κ2) is 5.29. The van der Waals surface area contributed by atoms with Crippen molar-refractivity contribution in [3.63, 3.8) is 0 Å². The molecule has 0 amide bonds. The van der Waals surface area contributed by atoms with Gasteiger partial charge >= 0.3 is 0 Å². The molecule has 96 valence electrons. The lowest BCUT2D eigenvalue weighted by atomic mass is 10.2. The van der Waals surface area contributed by atoms with Gasteiger partial charge in [0.1, 0.15) is 5.82 Å². The Morgan fingerprint density at radius 2 is 2.29 bits per heavy atom. The van der Waals surface area contributed by atoms with E-state index in [1.807, 2.05) is 0 Å². The van der Waals surface area contributed by atoms with Gasteiger partial charge in [-0.1, -0.05) is 6.92 Å². The van der Waals surface area contributed by atoms with Gasteiger partial charge in [-0.25, -0.2) is 4.98 Å². The maximum Gasteiger partial charge on any atom is 0.205 e. The molecule has 1 aromatic heterocycles. The molecule has 2 rings (SSSR count). The van der Waals surface area contributed by atoms with E-state index in [-0.39, 0.29) is 6.10 Å². The van der Waals surface area contributed by atoms with E-state index in [1.165, 1.54) is 11.5 Å². The predicted octanol–water partition coefficient (Wildman–Crippen LogP) is 0.602. The molecule has 2 atom stereocenters. The van der Waals surface area contributed by atoms with Crippen molar-refractivity contribution < 1.29 is 5.11 Å². The van der Waals surface area contributed by atoms with Gasteiger partial charge in [0, 0.05) is 37.1 Å². The van der Waals surface area contributed by atoms with Crippen LogP contribution in [-0.4, -0.2) is 58.7 Å². The van der Waals surface area contributed by atoms with Gasteiger partial charge in [0.25, 0.3) is 0 Å². The van der Waals surface area contributed by atoms with Gasteiger partial charge in [-0.15, -0.1) is 0 Å². The fourth-order valence-corrected chi connectivity index (χ4v) is 3.06. The molecule has 1 aromatic rings. The minimum atomic E-state index is -0.242. The summed E-state index contributed by atoms with van der Waals surface area (Å²) in [5, 5.41) is 10.8.